The number of benzene rings is 2. The highest BCUT2D eigenvalue weighted by Crippen LogP contribution is 2.31. The monoisotopic (exact) mass is 475 g/mol. The predicted octanol–water partition coefficient (Wildman–Crippen LogP) is 5.10. The molecule has 1 fully saturated rings. The maximum Gasteiger partial charge on any atom is 0.251 e. The fourth-order valence-electron chi connectivity index (χ4n) is 4.78. The summed E-state index contributed by atoms with van der Waals surface area (Å²) in [5, 5.41) is 6.62. The molecule has 2 aromatic carbocycles. The molecule has 1 aliphatic heterocycles. The highest BCUT2D eigenvalue weighted by atomic mass is 32.1. The van der Waals surface area contributed by atoms with Gasteiger partial charge in [-0.05, 0) is 69.2 Å². The minimum atomic E-state index is -0.00924. The van der Waals surface area contributed by atoms with Crippen LogP contribution in [0.15, 0.2) is 48.7 Å². The third-order valence-corrected chi connectivity index (χ3v) is 7.87. The van der Waals surface area contributed by atoms with Gasteiger partial charge in [0.05, 0.1) is 15.9 Å². The number of aromatic nitrogens is 2. The molecular weight excluding hydrogens is 442 g/mol. The Morgan fingerprint density at radius 3 is 2.76 bits per heavy atom. The molecule has 0 radical (unpaired) electrons. The summed E-state index contributed by atoms with van der Waals surface area (Å²) in [5.74, 6) is -0.00924. The summed E-state index contributed by atoms with van der Waals surface area (Å²) in [6, 6.07) is 15.2. The van der Waals surface area contributed by atoms with E-state index in [-0.39, 0.29) is 5.91 Å². The summed E-state index contributed by atoms with van der Waals surface area (Å²) < 4.78 is 3.21. The molecule has 5 rings (SSSR count). The first-order valence-electron chi connectivity index (χ1n) is 12.4. The van der Waals surface area contributed by atoms with E-state index in [1.54, 1.807) is 11.3 Å². The van der Waals surface area contributed by atoms with Crippen LogP contribution in [-0.2, 0) is 0 Å². The summed E-state index contributed by atoms with van der Waals surface area (Å²) in [4.78, 5) is 20.8. The number of imidazole rings is 1. The largest absolute Gasteiger partial charge is 0.352 e. The van der Waals surface area contributed by atoms with E-state index in [9.17, 15) is 4.79 Å². The van der Waals surface area contributed by atoms with E-state index in [0.717, 1.165) is 59.0 Å². The molecule has 1 saturated heterocycles. The molecule has 2 N–H and O–H groups in total. The van der Waals surface area contributed by atoms with Crippen molar-refractivity contribution in [2.45, 2.75) is 39.2 Å². The van der Waals surface area contributed by atoms with Crippen molar-refractivity contribution < 1.29 is 4.79 Å². The van der Waals surface area contributed by atoms with E-state index in [1.807, 2.05) is 18.2 Å². The van der Waals surface area contributed by atoms with Crippen LogP contribution in [0.4, 0.5) is 0 Å². The minimum absolute atomic E-state index is 0.00924. The number of hydrogen-bond acceptors (Lipinski definition) is 5. The number of thiazole rings is 1. The number of rotatable bonds is 9. The second kappa shape index (κ2) is 10.3. The molecule has 1 unspecified atom stereocenters. The van der Waals surface area contributed by atoms with E-state index in [0.29, 0.717) is 18.2 Å². The van der Waals surface area contributed by atoms with Crippen molar-refractivity contribution in [3.63, 3.8) is 0 Å². The van der Waals surface area contributed by atoms with E-state index in [4.69, 9.17) is 4.98 Å². The lowest BCUT2D eigenvalue weighted by atomic mass is 10.0. The Morgan fingerprint density at radius 1 is 1.21 bits per heavy atom. The lowest BCUT2D eigenvalue weighted by molar-refractivity contribution is 0.0952. The van der Waals surface area contributed by atoms with Gasteiger partial charge >= 0.3 is 0 Å². The number of nitrogens with zero attached hydrogens (tertiary/aromatic N) is 3. The van der Waals surface area contributed by atoms with Gasteiger partial charge in [0, 0.05) is 29.9 Å². The highest BCUT2D eigenvalue weighted by Gasteiger charge is 2.17. The molecule has 6 nitrogen and oxygen atoms in total. The van der Waals surface area contributed by atoms with Gasteiger partial charge in [0.15, 0.2) is 4.96 Å². The van der Waals surface area contributed by atoms with Gasteiger partial charge in [-0.25, -0.2) is 4.98 Å². The number of hydrogen-bond donors (Lipinski definition) is 2. The molecule has 3 heterocycles. The van der Waals surface area contributed by atoms with Crippen molar-refractivity contribution >= 4 is 32.4 Å². The molecule has 1 aliphatic rings. The topological polar surface area (TPSA) is 61.7 Å². The Hall–Kier alpha value is -2.74. The van der Waals surface area contributed by atoms with Crippen molar-refractivity contribution in [1.82, 2.24) is 24.9 Å². The van der Waals surface area contributed by atoms with Gasteiger partial charge in [0.2, 0.25) is 0 Å². The summed E-state index contributed by atoms with van der Waals surface area (Å²) in [7, 11) is 0. The summed E-state index contributed by atoms with van der Waals surface area (Å²) in [6.07, 6.45) is 5.52. The zero-order valence-corrected chi connectivity index (χ0v) is 20.8. The lowest BCUT2D eigenvalue weighted by Gasteiger charge is -2.17. The lowest BCUT2D eigenvalue weighted by Crippen LogP contribution is -2.29. The van der Waals surface area contributed by atoms with Gasteiger partial charge in [0.25, 0.3) is 5.91 Å². The maximum absolute atomic E-state index is 12.6. The first-order valence-corrected chi connectivity index (χ1v) is 13.2. The van der Waals surface area contributed by atoms with Gasteiger partial charge in [-0.3, -0.25) is 9.20 Å². The van der Waals surface area contributed by atoms with Crippen molar-refractivity contribution in [3.05, 3.63) is 59.8 Å². The number of carbonyl (C=O) groups excluding carboxylic acids is 1. The Kier molecular flexibility index (Phi) is 6.94. The van der Waals surface area contributed by atoms with Crippen molar-refractivity contribution in [3.8, 4) is 11.3 Å². The molecule has 0 aliphatic carbocycles. The molecule has 2 aromatic heterocycles. The van der Waals surface area contributed by atoms with Crippen LogP contribution in [0.2, 0.25) is 0 Å². The SMILES string of the molecule is CCN(CC)CCCNC(=O)c1ccc2c(c1)sc1nc(-c3ccc(C4CCCN4)cc3)cn12. The zero-order chi connectivity index (χ0) is 23.5. The maximum atomic E-state index is 12.6. The number of fused-ring (bicyclic) bond motifs is 3. The van der Waals surface area contributed by atoms with Gasteiger partial charge < -0.3 is 15.5 Å². The van der Waals surface area contributed by atoms with Crippen LogP contribution in [0.3, 0.4) is 0 Å². The standard InChI is InChI=1S/C27H33N5OS/c1-3-31(4-2)16-6-15-29-26(33)21-12-13-24-25(17-21)34-27-30-23(18-32(24)27)20-10-8-19(9-11-20)22-7-5-14-28-22/h8-13,17-18,22,28H,3-7,14-16H2,1-2H3,(H,29,33). The Bertz CT molecular complexity index is 1270. The third-order valence-electron chi connectivity index (χ3n) is 6.86. The van der Waals surface area contributed by atoms with Crippen LogP contribution in [0, 0.1) is 0 Å². The van der Waals surface area contributed by atoms with Gasteiger partial charge in [-0.2, -0.15) is 0 Å². The first-order chi connectivity index (χ1) is 16.7. The molecule has 0 spiro atoms. The molecule has 1 amide bonds. The van der Waals surface area contributed by atoms with Gasteiger partial charge in [-0.1, -0.05) is 49.4 Å². The average molecular weight is 476 g/mol. The number of nitrogens with one attached hydrogen (secondary N) is 2. The van der Waals surface area contributed by atoms with E-state index < -0.39 is 0 Å². The smallest absolute Gasteiger partial charge is 0.251 e. The van der Waals surface area contributed by atoms with E-state index in [2.05, 4.69) is 64.2 Å². The van der Waals surface area contributed by atoms with E-state index in [1.165, 1.54) is 18.4 Å². The Balaban J connectivity index is 1.28. The molecular formula is C27H33N5OS. The van der Waals surface area contributed by atoms with Gasteiger partial charge in [-0.15, -0.1) is 0 Å². The van der Waals surface area contributed by atoms with Crippen LogP contribution in [0.25, 0.3) is 26.4 Å². The Morgan fingerprint density at radius 2 is 2.03 bits per heavy atom. The molecule has 7 heteroatoms. The zero-order valence-electron chi connectivity index (χ0n) is 20.0. The average Bonchev–Trinajstić information content (AvgIpc) is 3.60. The first kappa shape index (κ1) is 23.0. The van der Waals surface area contributed by atoms with Crippen molar-refractivity contribution in [2.75, 3.05) is 32.7 Å². The fourth-order valence-corrected chi connectivity index (χ4v) is 5.83. The summed E-state index contributed by atoms with van der Waals surface area (Å²) >= 11 is 1.63. The molecule has 178 valence electrons. The third kappa shape index (κ3) is 4.73. The minimum Gasteiger partial charge on any atom is -0.352 e. The van der Waals surface area contributed by atoms with Crippen LogP contribution < -0.4 is 10.6 Å². The van der Waals surface area contributed by atoms with Crippen LogP contribution in [0.5, 0.6) is 0 Å². The summed E-state index contributed by atoms with van der Waals surface area (Å²) in [5.41, 5.74) is 5.26. The van der Waals surface area contributed by atoms with Crippen LogP contribution in [-0.4, -0.2) is 52.9 Å². The second-order valence-corrected chi connectivity index (χ2v) is 9.98. The number of carbonyl (C=O) groups is 1. The second-order valence-electron chi connectivity index (χ2n) is 8.97. The quantitative estimate of drug-likeness (QED) is 0.331. The van der Waals surface area contributed by atoms with Gasteiger partial charge in [0.1, 0.15) is 0 Å². The van der Waals surface area contributed by atoms with Crippen LogP contribution >= 0.6 is 11.3 Å². The van der Waals surface area contributed by atoms with Crippen molar-refractivity contribution in [2.24, 2.45) is 0 Å². The predicted molar refractivity (Wildman–Crippen MR) is 141 cm³/mol. The fraction of sp³-hybridized carbons (Fsp3) is 0.407. The highest BCUT2D eigenvalue weighted by molar-refractivity contribution is 7.23. The molecule has 1 atom stereocenters. The molecule has 34 heavy (non-hydrogen) atoms. The molecule has 0 bridgehead atoms. The Labute approximate surface area is 205 Å². The van der Waals surface area contributed by atoms with E-state index >= 15 is 0 Å². The number of amides is 1. The summed E-state index contributed by atoms with van der Waals surface area (Å²) in [6.45, 7) is 9.25. The van der Waals surface area contributed by atoms with Crippen LogP contribution in [0.1, 0.15) is 55.1 Å². The molecule has 4 aromatic rings. The normalized spacial score (nSPS) is 16.1. The molecule has 0 saturated carbocycles. The van der Waals surface area contributed by atoms with Crippen molar-refractivity contribution in [1.29, 1.82) is 0 Å².